The van der Waals surface area contributed by atoms with Crippen LogP contribution in [-0.4, -0.2) is 81.7 Å². The molecular weight excluding hydrogens is 602 g/mol. The zero-order chi connectivity index (χ0) is 35.2. The van der Waals surface area contributed by atoms with Crippen LogP contribution in [0.15, 0.2) is 18.0 Å². The molecule has 4 aliphatic carbocycles. The van der Waals surface area contributed by atoms with Crippen LogP contribution in [0, 0.1) is 62.6 Å². The van der Waals surface area contributed by atoms with Gasteiger partial charge >= 0.3 is 5.97 Å². The van der Waals surface area contributed by atoms with Gasteiger partial charge in [-0.05, 0) is 116 Å². The molecule has 1 N–H and O–H groups in total. The van der Waals surface area contributed by atoms with Crippen LogP contribution in [0.3, 0.4) is 0 Å². The number of likely N-dealkylation sites (N-methyl/N-ethyl adjacent to an activating group) is 1. The number of ether oxygens (including phenoxy) is 2. The third-order valence-corrected chi connectivity index (χ3v) is 16.6. The Morgan fingerprint density at radius 3 is 2.40 bits per heavy atom. The van der Waals surface area contributed by atoms with Crippen LogP contribution in [0.2, 0.25) is 0 Å². The average Bonchev–Trinajstić information content (AvgIpc) is 3.55. The van der Waals surface area contributed by atoms with Crippen molar-refractivity contribution in [3.63, 3.8) is 0 Å². The van der Waals surface area contributed by atoms with Crippen molar-refractivity contribution in [1.29, 1.82) is 0 Å². The van der Waals surface area contributed by atoms with Gasteiger partial charge in [-0.15, -0.1) is 5.10 Å². The van der Waals surface area contributed by atoms with Crippen molar-refractivity contribution in [1.82, 2.24) is 25.1 Å². The van der Waals surface area contributed by atoms with Crippen LogP contribution in [0.5, 0.6) is 0 Å². The minimum absolute atomic E-state index is 0.0298. The molecule has 1 aromatic heterocycles. The topological polar surface area (TPSA) is 103 Å². The smallest absolute Gasteiger partial charge is 0.307 e. The molecule has 0 aromatic carbocycles. The van der Waals surface area contributed by atoms with Gasteiger partial charge in [-0.3, -0.25) is 4.79 Å². The van der Waals surface area contributed by atoms with E-state index >= 15 is 0 Å². The number of carboxylic acid groups (broad SMARTS) is 1. The monoisotopic (exact) mass is 668 g/mol. The van der Waals surface area contributed by atoms with E-state index in [1.54, 1.807) is 6.33 Å². The Morgan fingerprint density at radius 2 is 1.81 bits per heavy atom. The van der Waals surface area contributed by atoms with E-state index < -0.39 is 11.9 Å². The first kappa shape index (κ1) is 36.0. The lowest BCUT2D eigenvalue weighted by Crippen LogP contribution is -2.69. The molecular formula is C39H65N5O4. The van der Waals surface area contributed by atoms with E-state index in [-0.39, 0.29) is 44.8 Å². The SMILES string of the molecule is CC(C)[C@@H](C)[C@@]1(C)CC[C@]2(C)[C@H]3CC[C@H]4C5(C)COC[C@@]4(C[C@@H](n4cnnn4)[C@@H]5OC[C@@](C)(C(C)C)N(C)C)C3=CC[C@@]2(C)[C@@H]1C(=O)O. The van der Waals surface area contributed by atoms with E-state index in [1.165, 1.54) is 5.57 Å². The highest BCUT2D eigenvalue weighted by Gasteiger charge is 2.72. The second-order valence-electron chi connectivity index (χ2n) is 19.0. The zero-order valence-electron chi connectivity index (χ0n) is 32.0. The standard InChI is InChI=1S/C39H65N5O4/c1-24(2)26(5)34(6)17-18-36(8)27-13-14-30-35(7)20-47-22-39(30,28(27)15-16-37(36,9)31(34)33(45)46)19-29(44-23-40-41-42-44)32(35)48-21-38(10,25(3)4)43(11)12/h15,23-27,29-32H,13-14,16-22H2,1-12H3,(H,45,46)/t26-,27+,29-,30+,31-,32+,34-,35?,36-,37+,38+,39+/m1/s1. The fraction of sp³-hybridized carbons (Fsp3) is 0.897. The number of nitrogens with zero attached hydrogens (tertiary/aromatic N) is 5. The highest BCUT2D eigenvalue weighted by atomic mass is 16.5. The van der Waals surface area contributed by atoms with E-state index in [4.69, 9.17) is 9.47 Å². The second kappa shape index (κ2) is 11.9. The highest BCUT2D eigenvalue weighted by molar-refractivity contribution is 5.73. The fourth-order valence-corrected chi connectivity index (χ4v) is 12.5. The lowest BCUT2D eigenvalue weighted by molar-refractivity contribution is -0.255. The third-order valence-electron chi connectivity index (χ3n) is 16.6. The number of carboxylic acids is 1. The van der Waals surface area contributed by atoms with Gasteiger partial charge in [-0.25, -0.2) is 4.68 Å². The van der Waals surface area contributed by atoms with Crippen molar-refractivity contribution >= 4 is 5.97 Å². The summed E-state index contributed by atoms with van der Waals surface area (Å²) in [4.78, 5) is 15.7. The molecule has 6 rings (SSSR count). The molecule has 1 unspecified atom stereocenters. The Labute approximate surface area is 290 Å². The maximum absolute atomic E-state index is 13.4. The normalized spacial score (nSPS) is 44.4. The molecule has 0 amide bonds. The summed E-state index contributed by atoms with van der Waals surface area (Å²) in [5.74, 6) is 0.883. The molecule has 12 atom stereocenters. The van der Waals surface area contributed by atoms with Gasteiger partial charge in [0.1, 0.15) is 6.33 Å². The predicted molar refractivity (Wildman–Crippen MR) is 187 cm³/mol. The van der Waals surface area contributed by atoms with Crippen molar-refractivity contribution in [2.75, 3.05) is 33.9 Å². The van der Waals surface area contributed by atoms with Crippen LogP contribution in [0.4, 0.5) is 0 Å². The lowest BCUT2D eigenvalue weighted by Gasteiger charge is -2.71. The van der Waals surface area contributed by atoms with Gasteiger partial charge in [0.2, 0.25) is 0 Å². The average molecular weight is 668 g/mol. The molecule has 5 aliphatic rings. The third kappa shape index (κ3) is 4.78. The van der Waals surface area contributed by atoms with E-state index in [9.17, 15) is 9.90 Å². The Hall–Kier alpha value is -1.84. The molecule has 48 heavy (non-hydrogen) atoms. The van der Waals surface area contributed by atoms with E-state index in [1.807, 2.05) is 4.68 Å². The molecule has 1 aliphatic heterocycles. The van der Waals surface area contributed by atoms with Gasteiger partial charge in [0.15, 0.2) is 0 Å². The van der Waals surface area contributed by atoms with E-state index in [2.05, 4.69) is 110 Å². The van der Waals surface area contributed by atoms with Crippen LogP contribution in [0.25, 0.3) is 0 Å². The van der Waals surface area contributed by atoms with Crippen LogP contribution < -0.4 is 0 Å². The van der Waals surface area contributed by atoms with Crippen molar-refractivity contribution in [3.8, 4) is 0 Å². The summed E-state index contributed by atoms with van der Waals surface area (Å²) in [7, 11) is 4.30. The van der Waals surface area contributed by atoms with E-state index in [0.29, 0.717) is 49.4 Å². The number of rotatable bonds is 9. The van der Waals surface area contributed by atoms with Crippen molar-refractivity contribution < 1.29 is 19.4 Å². The second-order valence-corrected chi connectivity index (χ2v) is 19.0. The summed E-state index contributed by atoms with van der Waals surface area (Å²) in [5, 5.41) is 23.8. The Bertz CT molecular complexity index is 1390. The van der Waals surface area contributed by atoms with Gasteiger partial charge in [-0.1, -0.05) is 74.0 Å². The van der Waals surface area contributed by atoms with Gasteiger partial charge in [0.05, 0.1) is 37.9 Å². The zero-order valence-corrected chi connectivity index (χ0v) is 32.0. The minimum atomic E-state index is -0.613. The number of fused-ring (bicyclic) bond motifs is 3. The van der Waals surface area contributed by atoms with Crippen molar-refractivity contribution in [2.24, 2.45) is 62.6 Å². The summed E-state index contributed by atoms with van der Waals surface area (Å²) in [5.41, 5.74) is 0.305. The lowest BCUT2D eigenvalue weighted by atomic mass is 9.34. The molecule has 9 heteroatoms. The van der Waals surface area contributed by atoms with Crippen molar-refractivity contribution in [3.05, 3.63) is 18.0 Å². The predicted octanol–water partition coefficient (Wildman–Crippen LogP) is 7.16. The highest BCUT2D eigenvalue weighted by Crippen LogP contribution is 2.75. The summed E-state index contributed by atoms with van der Waals surface area (Å²) in [6.45, 7) is 25.1. The maximum Gasteiger partial charge on any atom is 0.307 e. The van der Waals surface area contributed by atoms with Crippen molar-refractivity contribution in [2.45, 2.75) is 125 Å². The first-order valence-corrected chi connectivity index (χ1v) is 18.9. The summed E-state index contributed by atoms with van der Waals surface area (Å²) >= 11 is 0. The molecule has 0 spiro atoms. The van der Waals surface area contributed by atoms with Gasteiger partial charge in [-0.2, -0.15) is 0 Å². The largest absolute Gasteiger partial charge is 0.481 e. The van der Waals surface area contributed by atoms with Gasteiger partial charge in [0.25, 0.3) is 0 Å². The maximum atomic E-state index is 13.4. The molecule has 2 bridgehead atoms. The molecule has 4 fully saturated rings. The van der Waals surface area contributed by atoms with E-state index in [0.717, 1.165) is 38.5 Å². The summed E-state index contributed by atoms with van der Waals surface area (Å²) in [6.07, 6.45) is 10.0. The molecule has 9 nitrogen and oxygen atoms in total. The molecule has 1 aromatic rings. The summed E-state index contributed by atoms with van der Waals surface area (Å²) in [6, 6.07) is -0.0298. The molecule has 270 valence electrons. The first-order chi connectivity index (χ1) is 22.3. The van der Waals surface area contributed by atoms with Crippen LogP contribution in [-0.2, 0) is 14.3 Å². The fourth-order valence-electron chi connectivity index (χ4n) is 12.5. The first-order valence-electron chi connectivity index (χ1n) is 18.9. The Balaban J connectivity index is 1.43. The number of aromatic nitrogens is 4. The number of hydrogen-bond acceptors (Lipinski definition) is 7. The number of carbonyl (C=O) groups is 1. The number of allylic oxidation sites excluding steroid dienone is 1. The molecule has 1 saturated heterocycles. The summed E-state index contributed by atoms with van der Waals surface area (Å²) < 4.78 is 15.9. The number of hydrogen-bond donors (Lipinski definition) is 1. The Kier molecular flexibility index (Phi) is 8.89. The van der Waals surface area contributed by atoms with Crippen LogP contribution >= 0.6 is 0 Å². The molecule has 3 saturated carbocycles. The van der Waals surface area contributed by atoms with Gasteiger partial charge < -0.3 is 19.5 Å². The number of aliphatic carboxylic acids is 1. The minimum Gasteiger partial charge on any atom is -0.481 e. The quantitative estimate of drug-likeness (QED) is 0.277. The van der Waals surface area contributed by atoms with Crippen LogP contribution in [0.1, 0.15) is 114 Å². The van der Waals surface area contributed by atoms with Gasteiger partial charge in [0, 0.05) is 16.4 Å². The molecule has 2 heterocycles. The Morgan fingerprint density at radius 1 is 1.10 bits per heavy atom. The molecule has 0 radical (unpaired) electrons. The number of tetrazole rings is 1.